The molecule has 2 amide bonds. The highest BCUT2D eigenvalue weighted by Gasteiger charge is 2.41. The van der Waals surface area contributed by atoms with Crippen molar-refractivity contribution in [2.24, 2.45) is 0 Å². The van der Waals surface area contributed by atoms with Gasteiger partial charge < -0.3 is 9.47 Å². The first-order valence-electron chi connectivity index (χ1n) is 9.23. The fraction of sp³-hybridized carbons (Fsp3) is 0.227. The Morgan fingerprint density at radius 1 is 1.19 bits per heavy atom. The van der Waals surface area contributed by atoms with Crippen molar-refractivity contribution in [1.29, 1.82) is 0 Å². The van der Waals surface area contributed by atoms with E-state index in [9.17, 15) is 14.4 Å². The number of methoxy groups -OCH3 is 1. The molecule has 0 aliphatic carbocycles. The van der Waals surface area contributed by atoms with Gasteiger partial charge >= 0.3 is 5.97 Å². The summed E-state index contributed by atoms with van der Waals surface area (Å²) in [7, 11) is 1.19. The summed E-state index contributed by atoms with van der Waals surface area (Å²) < 4.78 is 10.4. The average molecular weight is 480 g/mol. The molecule has 1 heterocycles. The Bertz CT molecular complexity index is 1060. The average Bonchev–Trinajstić information content (AvgIpc) is 2.99. The van der Waals surface area contributed by atoms with E-state index in [4.69, 9.17) is 27.9 Å². The Balaban J connectivity index is 1.79. The maximum atomic E-state index is 12.6. The largest absolute Gasteiger partial charge is 0.486 e. The summed E-state index contributed by atoms with van der Waals surface area (Å²) in [5, 5.41) is -0.00780. The number of nitrogens with zero attached hydrogens (tertiary/aromatic N) is 1. The first-order chi connectivity index (χ1) is 14.7. The lowest BCUT2D eigenvalue weighted by molar-refractivity contribution is -0.148. The molecule has 0 N–H and O–H groups in total. The predicted octanol–water partition coefficient (Wildman–Crippen LogP) is 5.48. The van der Waals surface area contributed by atoms with E-state index in [0.717, 1.165) is 27.8 Å². The van der Waals surface area contributed by atoms with Gasteiger partial charge in [0.05, 0.1) is 22.1 Å². The van der Waals surface area contributed by atoms with E-state index in [-0.39, 0.29) is 15.0 Å². The number of thioether (sulfide) groups is 1. The van der Waals surface area contributed by atoms with Crippen LogP contribution in [-0.2, 0) is 20.9 Å². The zero-order chi connectivity index (χ0) is 22.7. The molecular formula is C22H19Cl2NO5S. The van der Waals surface area contributed by atoms with E-state index in [1.54, 1.807) is 12.1 Å². The highest BCUT2D eigenvalue weighted by molar-refractivity contribution is 8.18. The molecule has 1 aliphatic heterocycles. The highest BCUT2D eigenvalue weighted by atomic mass is 35.5. The van der Waals surface area contributed by atoms with Gasteiger partial charge in [-0.25, -0.2) is 4.79 Å². The molecule has 0 unspecified atom stereocenters. The van der Waals surface area contributed by atoms with Gasteiger partial charge in [-0.1, -0.05) is 53.0 Å². The molecule has 1 atom stereocenters. The molecule has 0 bridgehead atoms. The van der Waals surface area contributed by atoms with Crippen LogP contribution in [0, 0.1) is 6.92 Å². The van der Waals surface area contributed by atoms with Crippen molar-refractivity contribution in [3.8, 4) is 5.75 Å². The van der Waals surface area contributed by atoms with Gasteiger partial charge in [0.2, 0.25) is 0 Å². The van der Waals surface area contributed by atoms with Gasteiger partial charge in [0, 0.05) is 0 Å². The molecule has 0 spiro atoms. The fourth-order valence-electron chi connectivity index (χ4n) is 3.00. The number of carbonyl (C=O) groups is 3. The van der Waals surface area contributed by atoms with Crippen molar-refractivity contribution in [1.82, 2.24) is 4.90 Å². The van der Waals surface area contributed by atoms with Crippen LogP contribution in [0.1, 0.15) is 23.6 Å². The topological polar surface area (TPSA) is 72.9 Å². The number of ether oxygens (including phenoxy) is 2. The number of halogens is 2. The van der Waals surface area contributed by atoms with E-state index >= 15 is 0 Å². The number of carbonyl (C=O) groups excluding carboxylic acids is 3. The summed E-state index contributed by atoms with van der Waals surface area (Å²) in [6.45, 7) is 3.72. The monoisotopic (exact) mass is 479 g/mol. The minimum Gasteiger partial charge on any atom is -0.486 e. The van der Waals surface area contributed by atoms with E-state index in [2.05, 4.69) is 4.74 Å². The second-order valence-corrected chi connectivity index (χ2v) is 8.65. The van der Waals surface area contributed by atoms with Crippen LogP contribution in [0.2, 0.25) is 10.0 Å². The fourth-order valence-corrected chi connectivity index (χ4v) is 4.52. The van der Waals surface area contributed by atoms with Gasteiger partial charge in [-0.3, -0.25) is 14.5 Å². The van der Waals surface area contributed by atoms with Crippen molar-refractivity contribution in [3.05, 3.63) is 68.0 Å². The maximum Gasteiger partial charge on any atom is 0.328 e. The minimum atomic E-state index is -1.02. The number of rotatable bonds is 6. The van der Waals surface area contributed by atoms with Gasteiger partial charge in [0.25, 0.3) is 11.1 Å². The van der Waals surface area contributed by atoms with Crippen molar-refractivity contribution < 1.29 is 23.9 Å². The summed E-state index contributed by atoms with van der Waals surface area (Å²) in [5.74, 6) is -0.931. The van der Waals surface area contributed by atoms with Crippen LogP contribution in [0.5, 0.6) is 5.75 Å². The lowest BCUT2D eigenvalue weighted by Gasteiger charge is -2.18. The van der Waals surface area contributed by atoms with Gasteiger partial charge in [-0.2, -0.15) is 0 Å². The van der Waals surface area contributed by atoms with Gasteiger partial charge in [-0.05, 0) is 54.9 Å². The Kier molecular flexibility index (Phi) is 7.30. The number of esters is 1. The number of hydrogen-bond acceptors (Lipinski definition) is 6. The normalized spacial score (nSPS) is 16.0. The molecule has 0 aromatic heterocycles. The summed E-state index contributed by atoms with van der Waals surface area (Å²) in [5.41, 5.74) is 2.61. The molecule has 162 valence electrons. The number of imide groups is 1. The van der Waals surface area contributed by atoms with E-state index < -0.39 is 23.2 Å². The first-order valence-corrected chi connectivity index (χ1v) is 10.8. The molecule has 6 nitrogen and oxygen atoms in total. The van der Waals surface area contributed by atoms with Gasteiger partial charge in [0.1, 0.15) is 12.6 Å². The molecule has 0 saturated carbocycles. The van der Waals surface area contributed by atoms with Crippen molar-refractivity contribution in [2.45, 2.75) is 26.5 Å². The molecule has 2 aromatic carbocycles. The first kappa shape index (κ1) is 23.2. The van der Waals surface area contributed by atoms with Gasteiger partial charge in [0.15, 0.2) is 5.75 Å². The molecule has 1 saturated heterocycles. The van der Waals surface area contributed by atoms with Crippen LogP contribution >= 0.6 is 35.0 Å². The molecule has 1 aliphatic rings. The Labute approximate surface area is 194 Å². The third-order valence-electron chi connectivity index (χ3n) is 4.54. The minimum absolute atomic E-state index is 0.154. The van der Waals surface area contributed by atoms with Crippen molar-refractivity contribution in [2.75, 3.05) is 7.11 Å². The number of hydrogen-bond donors (Lipinski definition) is 0. The van der Waals surface area contributed by atoms with Crippen LogP contribution in [0.25, 0.3) is 6.08 Å². The van der Waals surface area contributed by atoms with E-state index in [1.165, 1.54) is 20.1 Å². The Morgan fingerprint density at radius 3 is 2.48 bits per heavy atom. The summed E-state index contributed by atoms with van der Waals surface area (Å²) in [6.07, 6.45) is 1.50. The summed E-state index contributed by atoms with van der Waals surface area (Å²) >= 11 is 13.4. The van der Waals surface area contributed by atoms with Crippen LogP contribution in [-0.4, -0.2) is 35.2 Å². The molecule has 2 aromatic rings. The van der Waals surface area contributed by atoms with Crippen molar-refractivity contribution >= 4 is 58.2 Å². The van der Waals surface area contributed by atoms with Crippen molar-refractivity contribution in [3.63, 3.8) is 0 Å². The second-order valence-electron chi connectivity index (χ2n) is 6.84. The summed E-state index contributed by atoms with van der Waals surface area (Å²) in [6, 6.07) is 10.0. The zero-order valence-corrected chi connectivity index (χ0v) is 19.3. The Morgan fingerprint density at radius 2 is 1.87 bits per heavy atom. The van der Waals surface area contributed by atoms with Crippen LogP contribution < -0.4 is 4.74 Å². The van der Waals surface area contributed by atoms with Crippen LogP contribution in [0.4, 0.5) is 4.79 Å². The second kappa shape index (κ2) is 9.77. The third kappa shape index (κ3) is 5.23. The number of benzene rings is 2. The molecule has 0 radical (unpaired) electrons. The molecule has 31 heavy (non-hydrogen) atoms. The summed E-state index contributed by atoms with van der Waals surface area (Å²) in [4.78, 5) is 37.6. The number of aryl methyl sites for hydroxylation is 1. The van der Waals surface area contributed by atoms with E-state index in [0.29, 0.717) is 17.9 Å². The molecule has 1 fully saturated rings. The smallest absolute Gasteiger partial charge is 0.328 e. The predicted molar refractivity (Wildman–Crippen MR) is 121 cm³/mol. The molecular weight excluding hydrogens is 461 g/mol. The Hall–Kier alpha value is -2.48. The van der Waals surface area contributed by atoms with Gasteiger partial charge in [-0.15, -0.1) is 0 Å². The molecule has 3 rings (SSSR count). The number of amides is 2. The van der Waals surface area contributed by atoms with Crippen LogP contribution in [0.15, 0.2) is 41.3 Å². The lowest BCUT2D eigenvalue weighted by atomic mass is 10.1. The highest BCUT2D eigenvalue weighted by Crippen LogP contribution is 2.38. The quantitative estimate of drug-likeness (QED) is 0.403. The SMILES string of the molecule is COC(=O)[C@@H](C)N1C(=O)S/C(=C/c2cc(Cl)c(OCc3cccc(C)c3)c(Cl)c2)C1=O. The standard InChI is InChI=1S/C22H19Cl2NO5S/c1-12-5-4-6-14(7-12)11-30-19-16(23)8-15(9-17(19)24)10-18-20(26)25(22(28)31-18)13(2)21(27)29-3/h4-10,13H,11H2,1-3H3/b18-10+/t13-/m1/s1. The molecule has 9 heteroatoms. The van der Waals surface area contributed by atoms with Crippen LogP contribution in [0.3, 0.4) is 0 Å². The zero-order valence-electron chi connectivity index (χ0n) is 17.0. The lowest BCUT2D eigenvalue weighted by Crippen LogP contribution is -2.42. The maximum absolute atomic E-state index is 12.6. The van der Waals surface area contributed by atoms with E-state index in [1.807, 2.05) is 31.2 Å². The third-order valence-corrected chi connectivity index (χ3v) is 5.98.